The van der Waals surface area contributed by atoms with Crippen LogP contribution in [0.15, 0.2) is 6.20 Å². The first-order chi connectivity index (χ1) is 7.29. The first-order valence-electron chi connectivity index (χ1n) is 5.22. The van der Waals surface area contributed by atoms with Crippen LogP contribution in [0.5, 0.6) is 0 Å². The van der Waals surface area contributed by atoms with Crippen LogP contribution in [0, 0.1) is 5.92 Å². The van der Waals surface area contributed by atoms with Gasteiger partial charge in [0.25, 0.3) is 0 Å². The molecule has 3 nitrogen and oxygen atoms in total. The molecule has 2 aromatic rings. The third kappa shape index (κ3) is 1.24. The molecule has 3 rings (SSSR count). The molecule has 0 bridgehead atoms. The summed E-state index contributed by atoms with van der Waals surface area (Å²) >= 11 is 1.73. The Morgan fingerprint density at radius 2 is 2.53 bits per heavy atom. The van der Waals surface area contributed by atoms with E-state index in [0.717, 1.165) is 30.0 Å². The molecule has 0 aliphatic heterocycles. The van der Waals surface area contributed by atoms with Gasteiger partial charge in [-0.25, -0.2) is 4.98 Å². The van der Waals surface area contributed by atoms with E-state index in [-0.39, 0.29) is 0 Å². The van der Waals surface area contributed by atoms with E-state index in [1.807, 2.05) is 4.40 Å². The van der Waals surface area contributed by atoms with Gasteiger partial charge in [0.1, 0.15) is 5.69 Å². The molecule has 4 heteroatoms. The molecule has 0 aromatic carbocycles. The normalized spacial score (nSPS) is 20.5. The smallest absolute Gasteiger partial charge is 0.194 e. The van der Waals surface area contributed by atoms with Gasteiger partial charge in [-0.05, 0) is 25.2 Å². The van der Waals surface area contributed by atoms with Gasteiger partial charge in [0.2, 0.25) is 0 Å². The Bertz CT molecular complexity index is 526. The number of nitrogens with zero attached hydrogens (tertiary/aromatic N) is 2. The number of rotatable bonds is 1. The molecule has 0 amide bonds. The highest BCUT2D eigenvalue weighted by atomic mass is 32.1. The van der Waals surface area contributed by atoms with Gasteiger partial charge in [-0.3, -0.25) is 9.20 Å². The number of imidazole rings is 1. The van der Waals surface area contributed by atoms with Crippen LogP contribution in [0.2, 0.25) is 0 Å². The largest absolute Gasteiger partial charge is 0.296 e. The summed E-state index contributed by atoms with van der Waals surface area (Å²) in [6, 6.07) is 0. The average Bonchev–Trinajstić information content (AvgIpc) is 2.74. The third-order valence-electron chi connectivity index (χ3n) is 3.09. The van der Waals surface area contributed by atoms with Crippen LogP contribution in [0.1, 0.15) is 34.4 Å². The highest BCUT2D eigenvalue weighted by Crippen LogP contribution is 2.32. The molecule has 0 fully saturated rings. The molecule has 1 atom stereocenters. The zero-order valence-corrected chi connectivity index (χ0v) is 9.38. The van der Waals surface area contributed by atoms with Crippen molar-refractivity contribution in [3.8, 4) is 0 Å². The quantitative estimate of drug-likeness (QED) is 0.691. The maximum atomic E-state index is 10.9. The van der Waals surface area contributed by atoms with Gasteiger partial charge in [-0.2, -0.15) is 0 Å². The summed E-state index contributed by atoms with van der Waals surface area (Å²) in [5.74, 6) is 0.764. The summed E-state index contributed by atoms with van der Waals surface area (Å²) in [7, 11) is 0. The number of hydrogen-bond acceptors (Lipinski definition) is 3. The Kier molecular flexibility index (Phi) is 1.92. The van der Waals surface area contributed by atoms with Gasteiger partial charge in [-0.15, -0.1) is 11.3 Å². The van der Waals surface area contributed by atoms with Crippen molar-refractivity contribution >= 4 is 22.6 Å². The molecule has 1 aliphatic rings. The lowest BCUT2D eigenvalue weighted by molar-refractivity contribution is 0.111. The fraction of sp³-hybridized carbons (Fsp3) is 0.455. The van der Waals surface area contributed by atoms with Gasteiger partial charge in [0, 0.05) is 10.6 Å². The first kappa shape index (κ1) is 9.09. The molecule has 0 N–H and O–H groups in total. The fourth-order valence-corrected chi connectivity index (χ4v) is 3.59. The number of aldehydes is 1. The summed E-state index contributed by atoms with van der Waals surface area (Å²) in [6.07, 6.45) is 5.99. The maximum absolute atomic E-state index is 10.9. The topological polar surface area (TPSA) is 34.4 Å². The molecule has 15 heavy (non-hydrogen) atoms. The molecule has 78 valence electrons. The molecule has 0 spiro atoms. The molecule has 0 saturated heterocycles. The minimum atomic E-state index is 0.692. The van der Waals surface area contributed by atoms with E-state index in [0.29, 0.717) is 5.69 Å². The van der Waals surface area contributed by atoms with Crippen molar-refractivity contribution in [1.29, 1.82) is 0 Å². The van der Waals surface area contributed by atoms with Crippen molar-refractivity contribution < 1.29 is 4.79 Å². The van der Waals surface area contributed by atoms with Crippen LogP contribution in [0.3, 0.4) is 0 Å². The molecule has 2 heterocycles. The SMILES string of the molecule is CC1CCc2c(sc3ncc(C=O)n23)C1. The van der Waals surface area contributed by atoms with Crippen LogP contribution >= 0.6 is 11.3 Å². The summed E-state index contributed by atoms with van der Waals surface area (Å²) in [6.45, 7) is 2.28. The Morgan fingerprint density at radius 3 is 3.33 bits per heavy atom. The molecule has 1 unspecified atom stereocenters. The van der Waals surface area contributed by atoms with Crippen molar-refractivity contribution in [3.63, 3.8) is 0 Å². The minimum absolute atomic E-state index is 0.692. The average molecular weight is 220 g/mol. The second-order valence-corrected chi connectivity index (χ2v) is 5.30. The number of aryl methyl sites for hydroxylation is 1. The third-order valence-corrected chi connectivity index (χ3v) is 4.21. The van der Waals surface area contributed by atoms with Crippen molar-refractivity contribution in [2.45, 2.75) is 26.2 Å². The predicted molar refractivity (Wildman–Crippen MR) is 59.6 cm³/mol. The zero-order valence-electron chi connectivity index (χ0n) is 8.56. The van der Waals surface area contributed by atoms with Crippen molar-refractivity contribution in [1.82, 2.24) is 9.38 Å². The van der Waals surface area contributed by atoms with E-state index >= 15 is 0 Å². The zero-order chi connectivity index (χ0) is 10.4. The lowest BCUT2D eigenvalue weighted by Crippen LogP contribution is -2.11. The Labute approximate surface area is 91.8 Å². The van der Waals surface area contributed by atoms with Crippen molar-refractivity contribution in [3.05, 3.63) is 22.5 Å². The minimum Gasteiger partial charge on any atom is -0.296 e. The van der Waals surface area contributed by atoms with E-state index in [1.54, 1.807) is 17.5 Å². The number of carbonyl (C=O) groups excluding carboxylic acids is 1. The van der Waals surface area contributed by atoms with Crippen LogP contribution in [-0.4, -0.2) is 15.7 Å². The predicted octanol–water partition coefficient (Wildman–Crippen LogP) is 2.33. The first-order valence-corrected chi connectivity index (χ1v) is 6.04. The molecule has 2 aromatic heterocycles. The van der Waals surface area contributed by atoms with Gasteiger partial charge >= 0.3 is 0 Å². The van der Waals surface area contributed by atoms with Crippen molar-refractivity contribution in [2.24, 2.45) is 5.92 Å². The standard InChI is InChI=1S/C11H12N2OS/c1-7-2-3-9-10(4-7)15-11-12-5-8(6-14)13(9)11/h5-7H,2-4H2,1H3. The van der Waals surface area contributed by atoms with E-state index in [4.69, 9.17) is 0 Å². The molecule has 1 aliphatic carbocycles. The molecular formula is C11H12N2OS. The molecular weight excluding hydrogens is 208 g/mol. The second kappa shape index (κ2) is 3.17. The summed E-state index contributed by atoms with van der Waals surface area (Å²) in [5.41, 5.74) is 2.00. The highest BCUT2D eigenvalue weighted by Gasteiger charge is 2.22. The van der Waals surface area contributed by atoms with Gasteiger partial charge in [0.15, 0.2) is 11.2 Å². The number of aromatic nitrogens is 2. The summed E-state index contributed by atoms with van der Waals surface area (Å²) < 4.78 is 2.03. The fourth-order valence-electron chi connectivity index (χ4n) is 2.28. The second-order valence-electron chi connectivity index (χ2n) is 4.24. The number of fused-ring (bicyclic) bond motifs is 3. The van der Waals surface area contributed by atoms with Gasteiger partial charge < -0.3 is 0 Å². The van der Waals surface area contributed by atoms with E-state index in [2.05, 4.69) is 11.9 Å². The van der Waals surface area contributed by atoms with Crippen LogP contribution in [-0.2, 0) is 12.8 Å². The van der Waals surface area contributed by atoms with Gasteiger partial charge in [-0.1, -0.05) is 6.92 Å². The molecule has 0 saturated carbocycles. The number of hydrogen-bond donors (Lipinski definition) is 0. The Morgan fingerprint density at radius 1 is 1.67 bits per heavy atom. The van der Waals surface area contributed by atoms with E-state index in [1.165, 1.54) is 17.0 Å². The van der Waals surface area contributed by atoms with Gasteiger partial charge in [0.05, 0.1) is 6.20 Å². The van der Waals surface area contributed by atoms with Crippen LogP contribution in [0.4, 0.5) is 0 Å². The number of thiazole rings is 1. The Balaban J connectivity index is 2.25. The van der Waals surface area contributed by atoms with Crippen LogP contribution in [0.25, 0.3) is 4.96 Å². The Hall–Kier alpha value is -1.16. The maximum Gasteiger partial charge on any atom is 0.194 e. The van der Waals surface area contributed by atoms with E-state index < -0.39 is 0 Å². The highest BCUT2D eigenvalue weighted by molar-refractivity contribution is 7.17. The monoisotopic (exact) mass is 220 g/mol. The number of carbonyl (C=O) groups is 1. The van der Waals surface area contributed by atoms with Crippen molar-refractivity contribution in [2.75, 3.05) is 0 Å². The van der Waals surface area contributed by atoms with E-state index in [9.17, 15) is 4.79 Å². The molecule has 0 radical (unpaired) electrons. The summed E-state index contributed by atoms with van der Waals surface area (Å²) in [5, 5.41) is 0. The lowest BCUT2D eigenvalue weighted by atomic mass is 9.93. The summed E-state index contributed by atoms with van der Waals surface area (Å²) in [4.78, 5) is 17.5. The van der Waals surface area contributed by atoms with Crippen LogP contribution < -0.4 is 0 Å². The lowest BCUT2D eigenvalue weighted by Gasteiger charge is -2.17.